The monoisotopic (exact) mass is 562 g/mol. The average Bonchev–Trinajstić information content (AvgIpc) is 2.86. The first kappa shape index (κ1) is 32.4. The van der Waals surface area contributed by atoms with Gasteiger partial charge < -0.3 is 9.11 Å². The Labute approximate surface area is 267 Å². The molecule has 4 aromatic rings. The minimum Gasteiger partial charge on any atom is -0.744 e. The summed E-state index contributed by atoms with van der Waals surface area (Å²) >= 11 is 0. The summed E-state index contributed by atoms with van der Waals surface area (Å²) in [5.74, 6) is 0. The zero-order valence-corrected chi connectivity index (χ0v) is 26.4. The molecule has 4 aromatic carbocycles. The summed E-state index contributed by atoms with van der Waals surface area (Å²) in [6.07, 6.45) is 6.78. The molecule has 0 spiro atoms. The molecule has 0 fully saturated rings. The third kappa shape index (κ3) is 8.34. The van der Waals surface area contributed by atoms with Gasteiger partial charge in [-0.25, -0.2) is 16.8 Å². The van der Waals surface area contributed by atoms with Crippen LogP contribution >= 0.6 is 0 Å². The van der Waals surface area contributed by atoms with Crippen LogP contribution in [0, 0.1) is 0 Å². The van der Waals surface area contributed by atoms with Crippen molar-refractivity contribution >= 4 is 44.5 Å². The van der Waals surface area contributed by atoms with Crippen LogP contribution < -0.4 is 59.1 Å². The van der Waals surface area contributed by atoms with Crippen LogP contribution in [0.2, 0.25) is 0 Å². The van der Waals surface area contributed by atoms with Gasteiger partial charge in [-0.15, -0.1) is 0 Å². The fourth-order valence-electron chi connectivity index (χ4n) is 3.73. The van der Waals surface area contributed by atoms with Crippen LogP contribution in [0.15, 0.2) is 107 Å². The molecule has 0 bridgehead atoms. The molecule has 0 saturated carbocycles. The summed E-state index contributed by atoms with van der Waals surface area (Å²) in [6, 6.07) is 26.6. The number of hydrogen-bond donors (Lipinski definition) is 0. The van der Waals surface area contributed by atoms with E-state index in [1.165, 1.54) is 36.4 Å². The third-order valence-corrected chi connectivity index (χ3v) is 7.20. The Hall–Kier alpha value is -1.82. The molecule has 0 N–H and O–H groups in total. The fourth-order valence-corrected chi connectivity index (χ4v) is 4.88. The van der Waals surface area contributed by atoms with Gasteiger partial charge in [0, 0.05) is 0 Å². The normalized spacial score (nSPS) is 11.7. The molecule has 182 valence electrons. The number of hydrogen-bond acceptors (Lipinski definition) is 6. The van der Waals surface area contributed by atoms with Crippen molar-refractivity contribution in [3.8, 4) is 11.1 Å². The fraction of sp³-hybridized carbons (Fsp3) is 0. The molecule has 10 heteroatoms. The van der Waals surface area contributed by atoms with Gasteiger partial charge >= 0.3 is 59.1 Å². The Morgan fingerprint density at radius 1 is 0.500 bits per heavy atom. The van der Waals surface area contributed by atoms with Crippen LogP contribution in [0.25, 0.3) is 35.4 Å². The molecule has 0 amide bonds. The molecule has 0 heterocycles. The Kier molecular flexibility index (Phi) is 11.9. The Morgan fingerprint density at radius 3 is 1.42 bits per heavy atom. The van der Waals surface area contributed by atoms with E-state index in [0.717, 1.165) is 11.1 Å². The largest absolute Gasteiger partial charge is 1.00 e. The van der Waals surface area contributed by atoms with E-state index in [2.05, 4.69) is 0 Å². The van der Waals surface area contributed by atoms with Gasteiger partial charge in [0.2, 0.25) is 0 Å². The van der Waals surface area contributed by atoms with Gasteiger partial charge in [-0.1, -0.05) is 103 Å². The van der Waals surface area contributed by atoms with E-state index in [1.807, 2.05) is 60.7 Å². The van der Waals surface area contributed by atoms with Crippen molar-refractivity contribution in [3.63, 3.8) is 0 Å². The van der Waals surface area contributed by atoms with Gasteiger partial charge in [0.15, 0.2) is 0 Å². The molecule has 0 unspecified atom stereocenters. The van der Waals surface area contributed by atoms with E-state index >= 15 is 0 Å². The first-order valence-electron chi connectivity index (χ1n) is 10.8. The smallest absolute Gasteiger partial charge is 0.744 e. The topological polar surface area (TPSA) is 114 Å². The first-order chi connectivity index (χ1) is 17.1. The molecule has 38 heavy (non-hydrogen) atoms. The summed E-state index contributed by atoms with van der Waals surface area (Å²) in [4.78, 5) is -0.763. The van der Waals surface area contributed by atoms with Crippen LogP contribution in [0.3, 0.4) is 0 Å². The average molecular weight is 563 g/mol. The molecule has 0 saturated heterocycles. The van der Waals surface area contributed by atoms with Gasteiger partial charge in [-0.3, -0.25) is 0 Å². The SMILES string of the molecule is O=S(=O)([O-])c1ccc(-c2ccc(S(=O)(=O)[O-])c(C=Cc3ccccc3)c2C=Cc2ccccc2)cc1.[Na+].[Na+]. The van der Waals surface area contributed by atoms with Gasteiger partial charge in [0.25, 0.3) is 0 Å². The molecule has 6 nitrogen and oxygen atoms in total. The predicted octanol–water partition coefficient (Wildman–Crippen LogP) is -0.489. The van der Waals surface area contributed by atoms with Gasteiger partial charge in [0.05, 0.1) is 9.79 Å². The summed E-state index contributed by atoms with van der Waals surface area (Å²) in [6.45, 7) is 0. The van der Waals surface area contributed by atoms with Crippen molar-refractivity contribution in [1.29, 1.82) is 0 Å². The molecule has 0 aliphatic carbocycles. The Morgan fingerprint density at radius 2 is 0.974 bits per heavy atom. The Bertz CT molecular complexity index is 1650. The van der Waals surface area contributed by atoms with E-state index in [9.17, 15) is 25.9 Å². The molecule has 0 aliphatic heterocycles. The van der Waals surface area contributed by atoms with Crippen LogP contribution in [0.1, 0.15) is 22.3 Å². The van der Waals surface area contributed by atoms with Gasteiger partial charge in [-0.2, -0.15) is 0 Å². The van der Waals surface area contributed by atoms with Crippen molar-refractivity contribution in [2.45, 2.75) is 9.79 Å². The van der Waals surface area contributed by atoms with Crippen molar-refractivity contribution < 1.29 is 85.1 Å². The van der Waals surface area contributed by atoms with Crippen molar-refractivity contribution in [1.82, 2.24) is 0 Å². The minimum atomic E-state index is -4.82. The molecule has 0 aromatic heterocycles. The summed E-state index contributed by atoms with van der Waals surface area (Å²) in [5.41, 5.74) is 3.39. The Balaban J connectivity index is 0.00000253. The molecular formula is C28H20Na2O6S2. The van der Waals surface area contributed by atoms with Gasteiger partial charge in [0.1, 0.15) is 20.2 Å². The van der Waals surface area contributed by atoms with E-state index in [4.69, 9.17) is 0 Å². The minimum absolute atomic E-state index is 0. The molecule has 0 atom stereocenters. The zero-order valence-electron chi connectivity index (χ0n) is 20.8. The second-order valence-corrected chi connectivity index (χ2v) is 10.6. The van der Waals surface area contributed by atoms with Crippen LogP contribution in [-0.2, 0) is 20.2 Å². The summed E-state index contributed by atoms with van der Waals surface area (Å²) < 4.78 is 70.6. The molecule has 0 radical (unpaired) electrons. The summed E-state index contributed by atoms with van der Waals surface area (Å²) in [7, 11) is -9.45. The van der Waals surface area contributed by atoms with E-state index in [-0.39, 0.29) is 74.5 Å². The molecule has 4 rings (SSSR count). The first-order valence-corrected chi connectivity index (χ1v) is 13.6. The maximum atomic E-state index is 12.2. The molecular weight excluding hydrogens is 542 g/mol. The second-order valence-electron chi connectivity index (χ2n) is 7.86. The quantitative estimate of drug-likeness (QED) is 0.171. The maximum absolute atomic E-state index is 12.2. The number of rotatable bonds is 7. The van der Waals surface area contributed by atoms with Crippen molar-refractivity contribution in [2.75, 3.05) is 0 Å². The van der Waals surface area contributed by atoms with E-state index < -0.39 is 20.2 Å². The van der Waals surface area contributed by atoms with Crippen molar-refractivity contribution in [2.24, 2.45) is 0 Å². The maximum Gasteiger partial charge on any atom is 1.00 e. The van der Waals surface area contributed by atoms with Crippen LogP contribution in [-0.4, -0.2) is 25.9 Å². The van der Waals surface area contributed by atoms with Gasteiger partial charge in [-0.05, 0) is 51.6 Å². The van der Waals surface area contributed by atoms with Crippen molar-refractivity contribution in [3.05, 3.63) is 119 Å². The van der Waals surface area contributed by atoms with Crippen LogP contribution in [0.5, 0.6) is 0 Å². The third-order valence-electron chi connectivity index (χ3n) is 5.45. The van der Waals surface area contributed by atoms with Crippen LogP contribution in [0.4, 0.5) is 0 Å². The summed E-state index contributed by atoms with van der Waals surface area (Å²) in [5, 5.41) is 0. The zero-order chi connectivity index (χ0) is 25.8. The van der Waals surface area contributed by atoms with E-state index in [1.54, 1.807) is 24.3 Å². The van der Waals surface area contributed by atoms with E-state index in [0.29, 0.717) is 16.7 Å². The predicted molar refractivity (Wildman–Crippen MR) is 139 cm³/mol. The second kappa shape index (κ2) is 14.0. The number of benzene rings is 4. The molecule has 0 aliphatic rings. The standard InChI is InChI=1S/C28H22O6S2.2Na/c29-35(30,31)24-15-13-23(14-16-24)25-19-20-28(36(32,33)34)27(18-12-22-9-5-2-6-10-22)26(25)17-11-21-7-3-1-4-8-21;;/h1-20H,(H,29,30,31)(H,32,33,34);;/q;2*+1/p-2.